The standard InChI is InChI=1S/C21H21N7O/c1-15-7-9-16(10-8-15)18(29)24-20-27-14-13-26(19-22-11-12-23-19)21(27)25-28(20)17-5-3-2-4-6-17/h2-10H,11-14H2,1H3,(H,22,23). The van der Waals surface area contributed by atoms with Gasteiger partial charge in [-0.05, 0) is 31.2 Å². The number of hydrogen-bond donors (Lipinski definition) is 1. The zero-order valence-corrected chi connectivity index (χ0v) is 16.1. The van der Waals surface area contributed by atoms with E-state index in [0.29, 0.717) is 17.7 Å². The number of aliphatic imine (C=N–C) groups is 1. The molecule has 2 aromatic carbocycles. The van der Waals surface area contributed by atoms with Crippen LogP contribution in [0.25, 0.3) is 5.69 Å². The lowest BCUT2D eigenvalue weighted by Crippen LogP contribution is -2.38. The van der Waals surface area contributed by atoms with E-state index in [-0.39, 0.29) is 5.91 Å². The Morgan fingerprint density at radius 3 is 2.59 bits per heavy atom. The Kier molecular flexibility index (Phi) is 4.23. The second kappa shape index (κ2) is 7.05. The Morgan fingerprint density at radius 2 is 1.86 bits per heavy atom. The van der Waals surface area contributed by atoms with Gasteiger partial charge in [-0.15, -0.1) is 5.10 Å². The molecule has 0 spiro atoms. The molecule has 5 rings (SSSR count). The Hall–Kier alpha value is -3.68. The van der Waals surface area contributed by atoms with E-state index in [4.69, 9.17) is 5.10 Å². The van der Waals surface area contributed by atoms with Gasteiger partial charge in [-0.3, -0.25) is 19.3 Å². The summed E-state index contributed by atoms with van der Waals surface area (Å²) in [6, 6.07) is 17.2. The highest BCUT2D eigenvalue weighted by Gasteiger charge is 2.29. The minimum atomic E-state index is -0.285. The second-order valence-corrected chi connectivity index (χ2v) is 7.07. The van der Waals surface area contributed by atoms with Crippen LogP contribution >= 0.6 is 0 Å². The van der Waals surface area contributed by atoms with Crippen LogP contribution in [0.1, 0.15) is 15.9 Å². The summed E-state index contributed by atoms with van der Waals surface area (Å²) in [7, 11) is 0. The highest BCUT2D eigenvalue weighted by molar-refractivity contribution is 5.96. The number of benzene rings is 2. The molecule has 1 aromatic heterocycles. The van der Waals surface area contributed by atoms with Gasteiger partial charge in [0.2, 0.25) is 17.5 Å². The van der Waals surface area contributed by atoms with Crippen molar-refractivity contribution in [2.75, 3.05) is 24.5 Å². The molecular weight excluding hydrogens is 366 g/mol. The number of carbonyl (C=O) groups is 1. The SMILES string of the molecule is Cc1ccc(C(=O)N=c2n(-c3ccccc3)nc3n2CCN3C2=NCCN2)cc1. The van der Waals surface area contributed by atoms with E-state index in [9.17, 15) is 4.79 Å². The first-order valence-corrected chi connectivity index (χ1v) is 9.67. The van der Waals surface area contributed by atoms with Gasteiger partial charge in [0.25, 0.3) is 5.91 Å². The van der Waals surface area contributed by atoms with Gasteiger partial charge in [0, 0.05) is 25.2 Å². The number of aryl methyl sites for hydroxylation is 1. The van der Waals surface area contributed by atoms with Gasteiger partial charge in [0.15, 0.2) is 0 Å². The van der Waals surface area contributed by atoms with Crippen molar-refractivity contribution in [1.29, 1.82) is 0 Å². The van der Waals surface area contributed by atoms with Crippen LogP contribution in [-0.4, -0.2) is 45.8 Å². The molecule has 8 nitrogen and oxygen atoms in total. The zero-order valence-electron chi connectivity index (χ0n) is 16.1. The molecule has 3 aromatic rings. The fourth-order valence-electron chi connectivity index (χ4n) is 3.56. The molecule has 0 saturated heterocycles. The summed E-state index contributed by atoms with van der Waals surface area (Å²) in [5.41, 5.74) is 3.03. The van der Waals surface area contributed by atoms with Crippen LogP contribution in [0, 0.1) is 6.92 Å². The third-order valence-electron chi connectivity index (χ3n) is 5.06. The highest BCUT2D eigenvalue weighted by Crippen LogP contribution is 2.19. The first-order chi connectivity index (χ1) is 14.2. The summed E-state index contributed by atoms with van der Waals surface area (Å²) >= 11 is 0. The summed E-state index contributed by atoms with van der Waals surface area (Å²) in [4.78, 5) is 23.9. The summed E-state index contributed by atoms with van der Waals surface area (Å²) in [6.45, 7) is 5.00. The smallest absolute Gasteiger partial charge is 0.280 e. The first-order valence-electron chi connectivity index (χ1n) is 9.67. The van der Waals surface area contributed by atoms with Crippen LogP contribution in [0.15, 0.2) is 64.6 Å². The van der Waals surface area contributed by atoms with E-state index in [0.717, 1.165) is 42.8 Å². The number of fused-ring (bicyclic) bond motifs is 1. The van der Waals surface area contributed by atoms with Crippen molar-refractivity contribution in [3.05, 3.63) is 71.3 Å². The lowest BCUT2D eigenvalue weighted by Gasteiger charge is -2.15. The summed E-state index contributed by atoms with van der Waals surface area (Å²) < 4.78 is 3.70. The number of guanidine groups is 1. The molecule has 0 saturated carbocycles. The predicted octanol–water partition coefficient (Wildman–Crippen LogP) is 1.50. The third kappa shape index (κ3) is 3.12. The van der Waals surface area contributed by atoms with Crippen LogP contribution in [0.5, 0.6) is 0 Å². The van der Waals surface area contributed by atoms with E-state index < -0.39 is 0 Å². The number of anilines is 1. The fraction of sp³-hybridized carbons (Fsp3) is 0.238. The zero-order chi connectivity index (χ0) is 19.8. The third-order valence-corrected chi connectivity index (χ3v) is 5.06. The lowest BCUT2D eigenvalue weighted by atomic mass is 10.1. The number of carbonyl (C=O) groups excluding carboxylic acids is 1. The van der Waals surface area contributed by atoms with E-state index in [1.807, 2.05) is 58.9 Å². The quantitative estimate of drug-likeness (QED) is 0.723. The van der Waals surface area contributed by atoms with Gasteiger partial charge in [-0.25, -0.2) is 0 Å². The molecule has 1 N–H and O–H groups in total. The minimum absolute atomic E-state index is 0.285. The van der Waals surface area contributed by atoms with Crippen LogP contribution in [-0.2, 0) is 6.54 Å². The first kappa shape index (κ1) is 17.4. The Morgan fingerprint density at radius 1 is 1.07 bits per heavy atom. The number of aromatic nitrogens is 3. The number of nitrogens with one attached hydrogen (secondary N) is 1. The van der Waals surface area contributed by atoms with Gasteiger partial charge < -0.3 is 5.32 Å². The maximum atomic E-state index is 12.9. The van der Waals surface area contributed by atoms with Gasteiger partial charge in [0.05, 0.1) is 12.2 Å². The summed E-state index contributed by atoms with van der Waals surface area (Å²) in [5, 5.41) is 8.08. The normalized spacial score (nSPS) is 16.0. The Balaban J connectivity index is 1.64. The molecule has 8 heteroatoms. The van der Waals surface area contributed by atoms with E-state index in [1.54, 1.807) is 16.8 Å². The van der Waals surface area contributed by atoms with Crippen molar-refractivity contribution >= 4 is 17.8 Å². The molecule has 146 valence electrons. The van der Waals surface area contributed by atoms with Crippen molar-refractivity contribution in [2.24, 2.45) is 9.98 Å². The molecule has 1 amide bonds. The topological polar surface area (TPSA) is 79.8 Å². The van der Waals surface area contributed by atoms with Gasteiger partial charge in [-0.2, -0.15) is 9.67 Å². The Labute approximate surface area is 167 Å². The second-order valence-electron chi connectivity index (χ2n) is 7.07. The number of amides is 1. The van der Waals surface area contributed by atoms with Crippen molar-refractivity contribution in [1.82, 2.24) is 19.7 Å². The number of para-hydroxylation sites is 1. The lowest BCUT2D eigenvalue weighted by molar-refractivity contribution is 0.0996. The molecule has 0 bridgehead atoms. The van der Waals surface area contributed by atoms with Crippen molar-refractivity contribution in [3.63, 3.8) is 0 Å². The molecular formula is C21H21N7O. The van der Waals surface area contributed by atoms with Crippen molar-refractivity contribution in [2.45, 2.75) is 13.5 Å². The van der Waals surface area contributed by atoms with Crippen LogP contribution in [0.2, 0.25) is 0 Å². The van der Waals surface area contributed by atoms with Crippen LogP contribution in [0.3, 0.4) is 0 Å². The van der Waals surface area contributed by atoms with Crippen molar-refractivity contribution in [3.8, 4) is 5.69 Å². The average molecular weight is 387 g/mol. The summed E-state index contributed by atoms with van der Waals surface area (Å²) in [5.74, 6) is 1.27. The minimum Gasteiger partial charge on any atom is -0.354 e. The maximum absolute atomic E-state index is 12.9. The molecule has 2 aliphatic heterocycles. The molecule has 29 heavy (non-hydrogen) atoms. The predicted molar refractivity (Wildman–Crippen MR) is 110 cm³/mol. The number of hydrogen-bond acceptors (Lipinski definition) is 5. The monoisotopic (exact) mass is 387 g/mol. The molecule has 0 fully saturated rings. The van der Waals surface area contributed by atoms with Gasteiger partial charge in [0.1, 0.15) is 0 Å². The fourth-order valence-corrected chi connectivity index (χ4v) is 3.56. The number of rotatable bonds is 2. The van der Waals surface area contributed by atoms with E-state index >= 15 is 0 Å². The number of nitrogens with zero attached hydrogens (tertiary/aromatic N) is 6. The molecule has 2 aliphatic rings. The average Bonchev–Trinajstić information content (AvgIpc) is 3.47. The van der Waals surface area contributed by atoms with Gasteiger partial charge in [-0.1, -0.05) is 35.9 Å². The molecule has 0 atom stereocenters. The van der Waals surface area contributed by atoms with Crippen LogP contribution < -0.4 is 15.8 Å². The maximum Gasteiger partial charge on any atom is 0.280 e. The molecule has 0 radical (unpaired) electrons. The highest BCUT2D eigenvalue weighted by atomic mass is 16.1. The van der Waals surface area contributed by atoms with Crippen molar-refractivity contribution < 1.29 is 4.79 Å². The summed E-state index contributed by atoms with van der Waals surface area (Å²) in [6.07, 6.45) is 0. The molecule has 0 aliphatic carbocycles. The van der Waals surface area contributed by atoms with Gasteiger partial charge >= 0.3 is 0 Å². The molecule has 3 heterocycles. The molecule has 0 unspecified atom stereocenters. The van der Waals surface area contributed by atoms with E-state index in [2.05, 4.69) is 15.3 Å². The largest absolute Gasteiger partial charge is 0.354 e. The van der Waals surface area contributed by atoms with E-state index in [1.165, 1.54) is 0 Å². The Bertz CT molecular complexity index is 1160. The van der Waals surface area contributed by atoms with Crippen LogP contribution in [0.4, 0.5) is 5.95 Å².